The molecule has 0 saturated heterocycles. The number of pyridine rings is 1. The number of aromatic nitrogens is 3. The zero-order valence-electron chi connectivity index (χ0n) is 11.3. The number of ether oxygens (including phenoxy) is 1. The maximum Gasteiger partial charge on any atom is 0.253 e. The zero-order chi connectivity index (χ0) is 14.7. The van der Waals surface area contributed by atoms with Gasteiger partial charge >= 0.3 is 0 Å². The number of benzene rings is 1. The second-order valence-corrected chi connectivity index (χ2v) is 4.59. The molecule has 3 rings (SSSR count). The fourth-order valence-corrected chi connectivity index (χ4v) is 2.10. The average molecular weight is 302 g/mol. The van der Waals surface area contributed by atoms with E-state index in [1.54, 1.807) is 18.3 Å². The first-order chi connectivity index (χ1) is 10.3. The van der Waals surface area contributed by atoms with Crippen LogP contribution in [-0.4, -0.2) is 21.8 Å². The third kappa shape index (κ3) is 2.73. The lowest BCUT2D eigenvalue weighted by molar-refractivity contribution is 0.327. The predicted molar refractivity (Wildman–Crippen MR) is 79.1 cm³/mol. The van der Waals surface area contributed by atoms with Crippen LogP contribution in [0.15, 0.2) is 47.0 Å². The van der Waals surface area contributed by atoms with Gasteiger partial charge in [-0.05, 0) is 31.2 Å². The van der Waals surface area contributed by atoms with Gasteiger partial charge in [0.25, 0.3) is 5.89 Å². The van der Waals surface area contributed by atoms with Crippen molar-refractivity contribution in [2.75, 3.05) is 6.61 Å². The van der Waals surface area contributed by atoms with Crippen molar-refractivity contribution < 1.29 is 9.15 Å². The van der Waals surface area contributed by atoms with Crippen LogP contribution in [0.25, 0.3) is 22.9 Å². The molecule has 0 atom stereocenters. The monoisotopic (exact) mass is 301 g/mol. The summed E-state index contributed by atoms with van der Waals surface area (Å²) in [6.07, 6.45) is 1.65. The van der Waals surface area contributed by atoms with Crippen molar-refractivity contribution in [3.63, 3.8) is 0 Å². The molecule has 0 aliphatic heterocycles. The molecular weight excluding hydrogens is 290 g/mol. The Labute approximate surface area is 126 Å². The third-order valence-electron chi connectivity index (χ3n) is 2.81. The van der Waals surface area contributed by atoms with E-state index in [2.05, 4.69) is 15.2 Å². The third-order valence-corrected chi connectivity index (χ3v) is 3.14. The Morgan fingerprint density at radius 1 is 1.05 bits per heavy atom. The van der Waals surface area contributed by atoms with E-state index in [0.29, 0.717) is 40.4 Å². The number of hydrogen-bond acceptors (Lipinski definition) is 5. The molecule has 5 nitrogen and oxygen atoms in total. The molecule has 0 bridgehead atoms. The van der Waals surface area contributed by atoms with E-state index in [1.807, 2.05) is 31.2 Å². The van der Waals surface area contributed by atoms with Gasteiger partial charge in [-0.3, -0.25) is 0 Å². The molecule has 0 N–H and O–H groups in total. The Balaban J connectivity index is 2.01. The Kier molecular flexibility index (Phi) is 3.83. The summed E-state index contributed by atoms with van der Waals surface area (Å²) in [5.41, 5.74) is 1.35. The van der Waals surface area contributed by atoms with E-state index >= 15 is 0 Å². The van der Waals surface area contributed by atoms with Crippen LogP contribution in [0.5, 0.6) is 5.88 Å². The molecule has 0 radical (unpaired) electrons. The van der Waals surface area contributed by atoms with Crippen LogP contribution < -0.4 is 4.74 Å². The molecular formula is C15H12ClN3O2. The van der Waals surface area contributed by atoms with Crippen LogP contribution in [0.3, 0.4) is 0 Å². The Morgan fingerprint density at radius 3 is 2.52 bits per heavy atom. The minimum Gasteiger partial charge on any atom is -0.477 e. The molecule has 0 unspecified atom stereocenters. The van der Waals surface area contributed by atoms with Gasteiger partial charge in [-0.1, -0.05) is 23.7 Å². The van der Waals surface area contributed by atoms with Crippen LogP contribution in [0, 0.1) is 0 Å². The van der Waals surface area contributed by atoms with Gasteiger partial charge in [0, 0.05) is 6.20 Å². The highest BCUT2D eigenvalue weighted by Gasteiger charge is 2.16. The van der Waals surface area contributed by atoms with Gasteiger partial charge in [0.15, 0.2) is 0 Å². The van der Waals surface area contributed by atoms with E-state index in [1.165, 1.54) is 0 Å². The fourth-order valence-electron chi connectivity index (χ4n) is 1.88. The maximum absolute atomic E-state index is 6.13. The van der Waals surface area contributed by atoms with Crippen molar-refractivity contribution in [2.45, 2.75) is 6.92 Å². The second kappa shape index (κ2) is 5.93. The highest BCUT2D eigenvalue weighted by Crippen LogP contribution is 2.31. The molecule has 3 aromatic rings. The number of rotatable bonds is 4. The van der Waals surface area contributed by atoms with Crippen molar-refractivity contribution in [3.8, 4) is 28.8 Å². The first-order valence-electron chi connectivity index (χ1n) is 6.46. The molecule has 1 aromatic carbocycles. The Hall–Kier alpha value is -2.40. The van der Waals surface area contributed by atoms with Gasteiger partial charge in [0.05, 0.1) is 17.2 Å². The molecule has 2 heterocycles. The van der Waals surface area contributed by atoms with E-state index in [0.717, 1.165) is 0 Å². The standard InChI is InChI=1S/C15H12ClN3O2/c1-2-20-13-11(7-5-9-17-13)15-19-18-14(21-15)10-6-3-4-8-12(10)16/h3-9H,2H2,1H3. The summed E-state index contributed by atoms with van der Waals surface area (Å²) in [5.74, 6) is 1.18. The smallest absolute Gasteiger partial charge is 0.253 e. The first-order valence-corrected chi connectivity index (χ1v) is 6.84. The summed E-state index contributed by atoms with van der Waals surface area (Å²) in [4.78, 5) is 4.17. The molecule has 6 heteroatoms. The lowest BCUT2D eigenvalue weighted by atomic mass is 10.2. The van der Waals surface area contributed by atoms with Crippen molar-refractivity contribution in [3.05, 3.63) is 47.6 Å². The normalized spacial score (nSPS) is 10.6. The van der Waals surface area contributed by atoms with Gasteiger partial charge in [-0.15, -0.1) is 10.2 Å². The Bertz CT molecular complexity index is 758. The molecule has 0 fully saturated rings. The number of halogens is 1. The van der Waals surface area contributed by atoms with Gasteiger partial charge in [0.1, 0.15) is 5.56 Å². The maximum atomic E-state index is 6.13. The molecule has 0 aliphatic carbocycles. The molecule has 2 aromatic heterocycles. The van der Waals surface area contributed by atoms with Gasteiger partial charge in [0.2, 0.25) is 11.8 Å². The van der Waals surface area contributed by atoms with Gasteiger partial charge < -0.3 is 9.15 Å². The van der Waals surface area contributed by atoms with E-state index in [4.69, 9.17) is 20.8 Å². The lowest BCUT2D eigenvalue weighted by Gasteiger charge is -2.04. The van der Waals surface area contributed by atoms with Gasteiger partial charge in [-0.2, -0.15) is 0 Å². The van der Waals surface area contributed by atoms with Crippen LogP contribution in [-0.2, 0) is 0 Å². The first kappa shape index (κ1) is 13.6. The van der Waals surface area contributed by atoms with Gasteiger partial charge in [-0.25, -0.2) is 4.98 Å². The van der Waals surface area contributed by atoms with Crippen LogP contribution in [0.2, 0.25) is 5.02 Å². The minimum atomic E-state index is 0.349. The second-order valence-electron chi connectivity index (χ2n) is 4.18. The van der Waals surface area contributed by atoms with Crippen molar-refractivity contribution in [2.24, 2.45) is 0 Å². The van der Waals surface area contributed by atoms with Crippen molar-refractivity contribution in [1.29, 1.82) is 0 Å². The summed E-state index contributed by atoms with van der Waals surface area (Å²) in [6, 6.07) is 10.9. The van der Waals surface area contributed by atoms with E-state index in [-0.39, 0.29) is 0 Å². The van der Waals surface area contributed by atoms with Crippen LogP contribution in [0.1, 0.15) is 6.92 Å². The summed E-state index contributed by atoms with van der Waals surface area (Å²) < 4.78 is 11.2. The lowest BCUT2D eigenvalue weighted by Crippen LogP contribution is -1.96. The number of nitrogens with zero attached hydrogens (tertiary/aromatic N) is 3. The molecule has 0 spiro atoms. The molecule has 0 aliphatic rings. The summed E-state index contributed by atoms with van der Waals surface area (Å²) >= 11 is 6.13. The Morgan fingerprint density at radius 2 is 1.76 bits per heavy atom. The van der Waals surface area contributed by atoms with Crippen LogP contribution >= 0.6 is 11.6 Å². The van der Waals surface area contributed by atoms with Crippen molar-refractivity contribution in [1.82, 2.24) is 15.2 Å². The molecule has 106 valence electrons. The van der Waals surface area contributed by atoms with Crippen LogP contribution in [0.4, 0.5) is 0 Å². The summed E-state index contributed by atoms with van der Waals surface area (Å²) in [7, 11) is 0. The SMILES string of the molecule is CCOc1ncccc1-c1nnc(-c2ccccc2Cl)o1. The van der Waals surface area contributed by atoms with E-state index < -0.39 is 0 Å². The summed E-state index contributed by atoms with van der Waals surface area (Å²) in [5, 5.41) is 8.65. The largest absolute Gasteiger partial charge is 0.477 e. The average Bonchev–Trinajstić information content (AvgIpc) is 2.98. The van der Waals surface area contributed by atoms with Crippen molar-refractivity contribution >= 4 is 11.6 Å². The topological polar surface area (TPSA) is 61.0 Å². The fraction of sp³-hybridized carbons (Fsp3) is 0.133. The highest BCUT2D eigenvalue weighted by atomic mass is 35.5. The molecule has 21 heavy (non-hydrogen) atoms. The minimum absolute atomic E-state index is 0.349. The number of hydrogen-bond donors (Lipinski definition) is 0. The summed E-state index contributed by atoms with van der Waals surface area (Å²) in [6.45, 7) is 2.40. The highest BCUT2D eigenvalue weighted by molar-refractivity contribution is 6.33. The predicted octanol–water partition coefficient (Wildman–Crippen LogP) is 3.85. The zero-order valence-corrected chi connectivity index (χ0v) is 12.0. The molecule has 0 saturated carbocycles. The quantitative estimate of drug-likeness (QED) is 0.732. The van der Waals surface area contributed by atoms with E-state index in [9.17, 15) is 0 Å². The molecule has 0 amide bonds.